The topological polar surface area (TPSA) is 137 Å². The summed E-state index contributed by atoms with van der Waals surface area (Å²) in [5.74, 6) is -4.14. The van der Waals surface area contributed by atoms with Crippen LogP contribution >= 0.6 is 0 Å². The number of aliphatic carboxylic acids is 1. The maximum absolute atomic E-state index is 11.2. The molecule has 2 unspecified atom stereocenters. The average Bonchev–Trinajstić information content (AvgIpc) is 2.39. The van der Waals surface area contributed by atoms with Gasteiger partial charge in [0.15, 0.2) is 0 Å². The molecule has 1 aliphatic heterocycles. The molecule has 8 nitrogen and oxygen atoms in total. The Morgan fingerprint density at radius 2 is 2.11 bits per heavy atom. The Morgan fingerprint density at radius 3 is 2.53 bits per heavy atom. The standard InChI is InChI=1S/C11H20O8/c1-5-6(13)3-11(18-2,10(16)17)19-9(5)8(15)7(14)4-12/h5-9,12-15H,3-4H2,1-2H3,(H,16,17)/t5-,6-,7-,8-,9?,11?/m1/s1. The number of aliphatic hydroxyl groups excluding tert-OH is 4. The summed E-state index contributed by atoms with van der Waals surface area (Å²) in [6, 6.07) is 0. The Labute approximate surface area is 110 Å². The Morgan fingerprint density at radius 1 is 1.53 bits per heavy atom. The number of hydrogen-bond acceptors (Lipinski definition) is 7. The van der Waals surface area contributed by atoms with Crippen molar-refractivity contribution in [3.63, 3.8) is 0 Å². The Balaban J connectivity index is 2.99. The van der Waals surface area contributed by atoms with Crippen LogP contribution in [0.1, 0.15) is 13.3 Å². The summed E-state index contributed by atoms with van der Waals surface area (Å²) in [5, 5.41) is 47.1. The zero-order chi connectivity index (χ0) is 14.8. The monoisotopic (exact) mass is 280 g/mol. The van der Waals surface area contributed by atoms with Crippen molar-refractivity contribution in [2.24, 2.45) is 5.92 Å². The van der Waals surface area contributed by atoms with Crippen LogP contribution in [0.3, 0.4) is 0 Å². The fourth-order valence-corrected chi connectivity index (χ4v) is 2.12. The number of ether oxygens (including phenoxy) is 2. The van der Waals surface area contributed by atoms with Gasteiger partial charge >= 0.3 is 5.97 Å². The van der Waals surface area contributed by atoms with Crippen LogP contribution in [0.5, 0.6) is 0 Å². The molecule has 0 aromatic rings. The van der Waals surface area contributed by atoms with Crippen LogP contribution in [0.15, 0.2) is 0 Å². The predicted octanol–water partition coefficient (Wildman–Crippen LogP) is -2.09. The van der Waals surface area contributed by atoms with Gasteiger partial charge in [0, 0.05) is 19.4 Å². The van der Waals surface area contributed by atoms with E-state index < -0.39 is 48.7 Å². The van der Waals surface area contributed by atoms with E-state index in [2.05, 4.69) is 0 Å². The van der Waals surface area contributed by atoms with E-state index in [0.29, 0.717) is 0 Å². The first-order valence-corrected chi connectivity index (χ1v) is 5.90. The third kappa shape index (κ3) is 3.04. The van der Waals surface area contributed by atoms with Crippen LogP contribution in [0.4, 0.5) is 0 Å². The predicted molar refractivity (Wildman–Crippen MR) is 61.1 cm³/mol. The van der Waals surface area contributed by atoms with Crippen molar-refractivity contribution < 1.29 is 39.8 Å². The molecule has 1 saturated heterocycles. The quantitative estimate of drug-likeness (QED) is 0.387. The van der Waals surface area contributed by atoms with E-state index in [1.807, 2.05) is 0 Å². The van der Waals surface area contributed by atoms with Crippen molar-refractivity contribution in [3.05, 3.63) is 0 Å². The lowest BCUT2D eigenvalue weighted by atomic mass is 9.84. The first-order valence-electron chi connectivity index (χ1n) is 5.90. The van der Waals surface area contributed by atoms with Crippen LogP contribution in [-0.2, 0) is 14.3 Å². The van der Waals surface area contributed by atoms with Gasteiger partial charge in [-0.1, -0.05) is 6.92 Å². The molecule has 0 saturated carbocycles. The van der Waals surface area contributed by atoms with E-state index in [0.717, 1.165) is 7.11 Å². The largest absolute Gasteiger partial charge is 0.477 e. The molecule has 1 rings (SSSR count). The Kier molecular flexibility index (Phi) is 5.25. The summed E-state index contributed by atoms with van der Waals surface area (Å²) in [5.41, 5.74) is 0. The highest BCUT2D eigenvalue weighted by molar-refractivity contribution is 5.76. The maximum atomic E-state index is 11.2. The van der Waals surface area contributed by atoms with Crippen molar-refractivity contribution in [1.82, 2.24) is 0 Å². The molecule has 0 aromatic heterocycles. The minimum Gasteiger partial charge on any atom is -0.477 e. The SMILES string of the molecule is COC1(C(=O)O)C[C@@H](O)[C@@H](C)C([C@H](O)[C@H](O)CO)O1. The number of carbonyl (C=O) groups is 1. The molecule has 8 heteroatoms. The van der Waals surface area contributed by atoms with E-state index >= 15 is 0 Å². The molecule has 0 radical (unpaired) electrons. The molecule has 0 bridgehead atoms. The Hall–Kier alpha value is -0.770. The highest BCUT2D eigenvalue weighted by Crippen LogP contribution is 2.35. The number of aliphatic hydroxyl groups is 4. The van der Waals surface area contributed by atoms with Gasteiger partial charge in [0.2, 0.25) is 0 Å². The summed E-state index contributed by atoms with van der Waals surface area (Å²) < 4.78 is 10.1. The van der Waals surface area contributed by atoms with Gasteiger partial charge in [-0.25, -0.2) is 4.79 Å². The van der Waals surface area contributed by atoms with Crippen LogP contribution < -0.4 is 0 Å². The molecule has 1 heterocycles. The van der Waals surface area contributed by atoms with Gasteiger partial charge in [-0.05, 0) is 0 Å². The molecule has 1 fully saturated rings. The lowest BCUT2D eigenvalue weighted by Gasteiger charge is -2.44. The van der Waals surface area contributed by atoms with Crippen LogP contribution in [0.2, 0.25) is 0 Å². The first-order chi connectivity index (χ1) is 8.79. The van der Waals surface area contributed by atoms with Crippen molar-refractivity contribution in [1.29, 1.82) is 0 Å². The first kappa shape index (κ1) is 16.3. The number of rotatable bonds is 5. The summed E-state index contributed by atoms with van der Waals surface area (Å²) in [4.78, 5) is 11.2. The fourth-order valence-electron chi connectivity index (χ4n) is 2.12. The van der Waals surface area contributed by atoms with E-state index in [1.165, 1.54) is 0 Å². The third-order valence-corrected chi connectivity index (χ3v) is 3.50. The third-order valence-electron chi connectivity index (χ3n) is 3.50. The zero-order valence-corrected chi connectivity index (χ0v) is 10.8. The van der Waals surface area contributed by atoms with Gasteiger partial charge in [-0.2, -0.15) is 0 Å². The van der Waals surface area contributed by atoms with Crippen LogP contribution in [0, 0.1) is 5.92 Å². The van der Waals surface area contributed by atoms with Gasteiger partial charge in [0.1, 0.15) is 12.2 Å². The lowest BCUT2D eigenvalue weighted by molar-refractivity contribution is -0.310. The normalized spacial score (nSPS) is 38.7. The second kappa shape index (κ2) is 6.12. The number of methoxy groups -OCH3 is 1. The molecule has 112 valence electrons. The summed E-state index contributed by atoms with van der Waals surface area (Å²) in [6.45, 7) is 0.834. The van der Waals surface area contributed by atoms with Crippen molar-refractivity contribution in [2.45, 2.75) is 43.5 Å². The van der Waals surface area contributed by atoms with E-state index in [9.17, 15) is 20.1 Å². The van der Waals surface area contributed by atoms with Crippen molar-refractivity contribution in [3.8, 4) is 0 Å². The minimum absolute atomic E-state index is 0.293. The van der Waals surface area contributed by atoms with Crippen LogP contribution in [-0.4, -0.2) is 75.4 Å². The van der Waals surface area contributed by atoms with Crippen LogP contribution in [0.25, 0.3) is 0 Å². The van der Waals surface area contributed by atoms with Gasteiger partial charge in [0.25, 0.3) is 5.79 Å². The molecule has 0 aromatic carbocycles. The molecule has 0 spiro atoms. The molecule has 0 amide bonds. The number of carboxylic acid groups (broad SMARTS) is 1. The molecular weight excluding hydrogens is 260 g/mol. The molecule has 6 atom stereocenters. The van der Waals surface area contributed by atoms with Gasteiger partial charge < -0.3 is 35.0 Å². The summed E-state index contributed by atoms with van der Waals surface area (Å²) in [7, 11) is 1.11. The van der Waals surface area contributed by atoms with Gasteiger partial charge in [-0.15, -0.1) is 0 Å². The second-order valence-electron chi connectivity index (χ2n) is 4.72. The van der Waals surface area contributed by atoms with E-state index in [4.69, 9.17) is 19.7 Å². The van der Waals surface area contributed by atoms with Gasteiger partial charge in [-0.3, -0.25) is 0 Å². The number of carboxylic acids is 1. The lowest BCUT2D eigenvalue weighted by Crippen LogP contribution is -2.60. The summed E-state index contributed by atoms with van der Waals surface area (Å²) in [6.07, 6.45) is -5.60. The molecule has 5 N–H and O–H groups in total. The minimum atomic E-state index is -2.08. The van der Waals surface area contributed by atoms with Gasteiger partial charge in [0.05, 0.1) is 18.8 Å². The smallest absolute Gasteiger partial charge is 0.364 e. The molecule has 1 aliphatic rings. The summed E-state index contributed by atoms with van der Waals surface area (Å²) >= 11 is 0. The van der Waals surface area contributed by atoms with E-state index in [1.54, 1.807) is 6.92 Å². The molecule has 0 aliphatic carbocycles. The maximum Gasteiger partial charge on any atom is 0.364 e. The van der Waals surface area contributed by atoms with Crippen molar-refractivity contribution >= 4 is 5.97 Å². The highest BCUT2D eigenvalue weighted by atomic mass is 16.7. The number of hydrogen-bond donors (Lipinski definition) is 5. The zero-order valence-electron chi connectivity index (χ0n) is 10.8. The fraction of sp³-hybridized carbons (Fsp3) is 0.909. The van der Waals surface area contributed by atoms with Crippen molar-refractivity contribution in [2.75, 3.05) is 13.7 Å². The molecular formula is C11H20O8. The average molecular weight is 280 g/mol. The Bertz CT molecular complexity index is 322. The highest BCUT2D eigenvalue weighted by Gasteiger charge is 2.53. The molecule has 19 heavy (non-hydrogen) atoms. The van der Waals surface area contributed by atoms with E-state index in [-0.39, 0.29) is 6.42 Å². The second-order valence-corrected chi connectivity index (χ2v) is 4.72.